The van der Waals surface area contributed by atoms with Crippen molar-refractivity contribution in [2.24, 2.45) is 0 Å². The Morgan fingerprint density at radius 2 is 2.17 bits per heavy atom. The molecule has 0 aliphatic heterocycles. The Morgan fingerprint density at radius 3 is 2.89 bits per heavy atom. The maximum Gasteiger partial charge on any atom is 0.315 e. The third-order valence-electron chi connectivity index (χ3n) is 2.21. The van der Waals surface area contributed by atoms with Gasteiger partial charge < -0.3 is 14.5 Å². The molecule has 0 atom stereocenters. The van der Waals surface area contributed by atoms with Crippen LogP contribution in [0.25, 0.3) is 0 Å². The molecule has 0 bridgehead atoms. The molecule has 0 aromatic carbocycles. The first-order valence-corrected chi connectivity index (χ1v) is 7.43. The molecule has 5 heteroatoms. The minimum absolute atomic E-state index is 0.168. The first-order chi connectivity index (χ1) is 8.76. The van der Waals surface area contributed by atoms with Crippen molar-refractivity contribution in [2.45, 2.75) is 32.6 Å². The summed E-state index contributed by atoms with van der Waals surface area (Å²) in [4.78, 5) is 11.1. The summed E-state index contributed by atoms with van der Waals surface area (Å²) in [6.07, 6.45) is 1.11. The second-order valence-corrected chi connectivity index (χ2v) is 4.83. The number of esters is 1. The molecule has 0 fully saturated rings. The van der Waals surface area contributed by atoms with Crippen LogP contribution < -0.4 is 5.32 Å². The van der Waals surface area contributed by atoms with Crippen LogP contribution in [0.4, 0.5) is 0 Å². The number of rotatable bonds is 9. The molecule has 0 aliphatic rings. The summed E-state index contributed by atoms with van der Waals surface area (Å²) in [6.45, 7) is 6.13. The number of carbonyl (C=O) groups excluding carboxylic acids is 1. The van der Waals surface area contributed by atoms with Crippen molar-refractivity contribution in [3.63, 3.8) is 0 Å². The van der Waals surface area contributed by atoms with Gasteiger partial charge in [-0.05, 0) is 32.0 Å². The van der Waals surface area contributed by atoms with Gasteiger partial charge in [0.25, 0.3) is 0 Å². The maximum absolute atomic E-state index is 11.1. The molecule has 0 saturated heterocycles. The molecule has 0 unspecified atom stereocenters. The molecule has 1 N–H and O–H groups in total. The summed E-state index contributed by atoms with van der Waals surface area (Å²) in [6, 6.07) is 3.93. The van der Waals surface area contributed by atoms with Gasteiger partial charge in [0.15, 0.2) is 0 Å². The zero-order valence-electron chi connectivity index (χ0n) is 11.0. The van der Waals surface area contributed by atoms with Crippen LogP contribution in [0.3, 0.4) is 0 Å². The van der Waals surface area contributed by atoms with Gasteiger partial charge in [-0.3, -0.25) is 4.79 Å². The average Bonchev–Trinajstić information content (AvgIpc) is 2.78. The normalized spacial score (nSPS) is 10.6. The van der Waals surface area contributed by atoms with Gasteiger partial charge >= 0.3 is 5.97 Å². The van der Waals surface area contributed by atoms with Crippen molar-refractivity contribution in [1.29, 1.82) is 0 Å². The molecule has 1 aromatic rings. The quantitative estimate of drug-likeness (QED) is 0.552. The lowest BCUT2D eigenvalue weighted by molar-refractivity contribution is -0.139. The molecule has 0 aliphatic carbocycles. The van der Waals surface area contributed by atoms with E-state index in [9.17, 15) is 4.79 Å². The molecule has 0 amide bonds. The van der Waals surface area contributed by atoms with Gasteiger partial charge in [-0.2, -0.15) is 0 Å². The Balaban J connectivity index is 2.20. The van der Waals surface area contributed by atoms with Crippen molar-refractivity contribution in [2.75, 3.05) is 18.9 Å². The van der Waals surface area contributed by atoms with Crippen LogP contribution in [-0.4, -0.2) is 24.9 Å². The fraction of sp³-hybridized carbons (Fsp3) is 0.615. The van der Waals surface area contributed by atoms with E-state index in [4.69, 9.17) is 9.15 Å². The van der Waals surface area contributed by atoms with Gasteiger partial charge in [-0.1, -0.05) is 6.92 Å². The Hall–Kier alpha value is -0.940. The van der Waals surface area contributed by atoms with E-state index in [0.29, 0.717) is 18.1 Å². The van der Waals surface area contributed by atoms with Crippen molar-refractivity contribution in [1.82, 2.24) is 5.32 Å². The molecule has 0 radical (unpaired) electrons. The highest BCUT2D eigenvalue weighted by Crippen LogP contribution is 2.15. The van der Waals surface area contributed by atoms with Crippen molar-refractivity contribution in [3.8, 4) is 0 Å². The van der Waals surface area contributed by atoms with E-state index in [1.54, 1.807) is 0 Å². The fourth-order valence-corrected chi connectivity index (χ4v) is 2.13. The lowest BCUT2D eigenvalue weighted by Crippen LogP contribution is -2.13. The van der Waals surface area contributed by atoms with E-state index < -0.39 is 0 Å². The minimum Gasteiger partial charge on any atom is -0.465 e. The van der Waals surface area contributed by atoms with Crippen LogP contribution >= 0.6 is 11.8 Å². The van der Waals surface area contributed by atoms with Crippen molar-refractivity contribution < 1.29 is 13.9 Å². The van der Waals surface area contributed by atoms with Gasteiger partial charge in [0.1, 0.15) is 11.5 Å². The van der Waals surface area contributed by atoms with Crippen molar-refractivity contribution >= 4 is 17.7 Å². The Morgan fingerprint density at radius 1 is 1.39 bits per heavy atom. The molecule has 1 heterocycles. The number of furan rings is 1. The van der Waals surface area contributed by atoms with Gasteiger partial charge in [0.05, 0.1) is 24.7 Å². The van der Waals surface area contributed by atoms with Gasteiger partial charge in [-0.15, -0.1) is 11.8 Å². The molecule has 4 nitrogen and oxygen atoms in total. The average molecular weight is 271 g/mol. The van der Waals surface area contributed by atoms with Gasteiger partial charge in [0.2, 0.25) is 0 Å². The highest BCUT2D eigenvalue weighted by atomic mass is 32.2. The zero-order chi connectivity index (χ0) is 13.2. The minimum atomic E-state index is -0.168. The Labute approximate surface area is 112 Å². The first kappa shape index (κ1) is 15.1. The maximum atomic E-state index is 11.1. The number of carbonyl (C=O) groups is 1. The van der Waals surface area contributed by atoms with Gasteiger partial charge in [-0.25, -0.2) is 0 Å². The van der Waals surface area contributed by atoms with E-state index in [1.807, 2.05) is 19.1 Å². The summed E-state index contributed by atoms with van der Waals surface area (Å²) < 4.78 is 10.5. The van der Waals surface area contributed by atoms with E-state index in [1.165, 1.54) is 11.8 Å². The molecule has 1 rings (SSSR count). The SMILES string of the molecule is CCCNCc1ccc(CSCC(=O)OCC)o1. The third kappa shape index (κ3) is 6.12. The van der Waals surface area contributed by atoms with E-state index >= 15 is 0 Å². The first-order valence-electron chi connectivity index (χ1n) is 6.28. The molecular formula is C13H21NO3S. The standard InChI is InChI=1S/C13H21NO3S/c1-3-7-14-8-11-5-6-12(17-11)9-18-10-13(15)16-4-2/h5-6,14H,3-4,7-10H2,1-2H3. The number of ether oxygens (including phenoxy) is 1. The highest BCUT2D eigenvalue weighted by Gasteiger charge is 2.05. The summed E-state index contributed by atoms with van der Waals surface area (Å²) in [5, 5.41) is 3.28. The lowest BCUT2D eigenvalue weighted by atomic mass is 10.4. The topological polar surface area (TPSA) is 51.5 Å². The smallest absolute Gasteiger partial charge is 0.315 e. The van der Waals surface area contributed by atoms with Crippen molar-refractivity contribution in [3.05, 3.63) is 23.7 Å². The second kappa shape index (κ2) is 9.05. The van der Waals surface area contributed by atoms with Gasteiger partial charge in [0, 0.05) is 0 Å². The number of hydrogen-bond acceptors (Lipinski definition) is 5. The fourth-order valence-electron chi connectivity index (χ4n) is 1.42. The second-order valence-electron chi connectivity index (χ2n) is 3.84. The number of thioether (sulfide) groups is 1. The summed E-state index contributed by atoms with van der Waals surface area (Å²) >= 11 is 1.51. The molecule has 0 saturated carbocycles. The van der Waals surface area contributed by atoms with Crippen LogP contribution in [0.5, 0.6) is 0 Å². The number of nitrogens with one attached hydrogen (secondary N) is 1. The predicted octanol–water partition coefficient (Wildman–Crippen LogP) is 2.58. The number of hydrogen-bond donors (Lipinski definition) is 1. The molecule has 1 aromatic heterocycles. The zero-order valence-corrected chi connectivity index (χ0v) is 11.8. The van der Waals surface area contributed by atoms with Crippen LogP contribution in [0.1, 0.15) is 31.8 Å². The molecule has 102 valence electrons. The van der Waals surface area contributed by atoms with Crippen LogP contribution in [-0.2, 0) is 21.8 Å². The summed E-state index contributed by atoms with van der Waals surface area (Å²) in [7, 11) is 0. The summed E-state index contributed by atoms with van der Waals surface area (Å²) in [5.74, 6) is 2.75. The lowest BCUT2D eigenvalue weighted by Gasteiger charge is -2.01. The highest BCUT2D eigenvalue weighted by molar-refractivity contribution is 7.99. The largest absolute Gasteiger partial charge is 0.465 e. The Kier molecular flexibility index (Phi) is 7.60. The van der Waals surface area contributed by atoms with E-state index in [0.717, 1.165) is 31.0 Å². The predicted molar refractivity (Wildman–Crippen MR) is 73.5 cm³/mol. The molecule has 0 spiro atoms. The third-order valence-corrected chi connectivity index (χ3v) is 3.14. The monoisotopic (exact) mass is 271 g/mol. The Bertz CT molecular complexity index is 352. The molecular weight excluding hydrogens is 250 g/mol. The van der Waals surface area contributed by atoms with E-state index in [-0.39, 0.29) is 5.97 Å². The molecule has 18 heavy (non-hydrogen) atoms. The van der Waals surface area contributed by atoms with Crippen LogP contribution in [0.2, 0.25) is 0 Å². The van der Waals surface area contributed by atoms with Crippen LogP contribution in [0.15, 0.2) is 16.5 Å². The summed E-state index contributed by atoms with van der Waals surface area (Å²) in [5.41, 5.74) is 0. The van der Waals surface area contributed by atoms with Crippen LogP contribution in [0, 0.1) is 0 Å². The van der Waals surface area contributed by atoms with E-state index in [2.05, 4.69) is 12.2 Å².